The molecule has 0 fully saturated rings. The predicted molar refractivity (Wildman–Crippen MR) is 53.2 cm³/mol. The molecule has 0 aliphatic heterocycles. The van der Waals surface area contributed by atoms with E-state index in [1.165, 1.54) is 6.92 Å². The minimum absolute atomic E-state index is 0.515. The Kier molecular flexibility index (Phi) is 3.82. The molecule has 80 valence electrons. The van der Waals surface area contributed by atoms with Gasteiger partial charge in [-0.15, -0.1) is 0 Å². The number of esters is 1. The summed E-state index contributed by atoms with van der Waals surface area (Å²) in [4.78, 5) is 21.9. The molecule has 0 aromatic heterocycles. The van der Waals surface area contributed by atoms with Crippen molar-refractivity contribution in [2.24, 2.45) is 0 Å². The number of hydrogen-bond donors (Lipinski definition) is 2. The second-order valence-corrected chi connectivity index (χ2v) is 2.88. The summed E-state index contributed by atoms with van der Waals surface area (Å²) in [7, 11) is 0. The number of carbonyl (C=O) groups excluding carboxylic acids is 2. The molecule has 5 heteroatoms. The van der Waals surface area contributed by atoms with E-state index in [9.17, 15) is 9.59 Å². The highest BCUT2D eigenvalue weighted by Gasteiger charge is 2.15. The number of aliphatic hydroxyl groups is 1. The van der Waals surface area contributed by atoms with Gasteiger partial charge in [-0.3, -0.25) is 5.32 Å². The van der Waals surface area contributed by atoms with E-state index in [1.54, 1.807) is 30.3 Å². The lowest BCUT2D eigenvalue weighted by atomic mass is 10.3. The van der Waals surface area contributed by atoms with Crippen LogP contribution in [0.2, 0.25) is 0 Å². The van der Waals surface area contributed by atoms with E-state index in [0.717, 1.165) is 0 Å². The van der Waals surface area contributed by atoms with Crippen LogP contribution in [-0.4, -0.2) is 23.3 Å². The van der Waals surface area contributed by atoms with E-state index in [-0.39, 0.29) is 0 Å². The molecular weight excluding hydrogens is 198 g/mol. The zero-order valence-corrected chi connectivity index (χ0v) is 8.14. The van der Waals surface area contributed by atoms with Crippen LogP contribution in [-0.2, 0) is 9.53 Å². The molecule has 0 saturated carbocycles. The SMILES string of the molecule is CC(O)C(=O)OC(=O)Nc1ccccc1. The fraction of sp³-hybridized carbons (Fsp3) is 0.200. The van der Waals surface area contributed by atoms with Crippen molar-refractivity contribution in [3.05, 3.63) is 30.3 Å². The third-order valence-electron chi connectivity index (χ3n) is 1.55. The summed E-state index contributed by atoms with van der Waals surface area (Å²) in [5.74, 6) is -0.983. The zero-order chi connectivity index (χ0) is 11.3. The molecule has 0 heterocycles. The van der Waals surface area contributed by atoms with Crippen LogP contribution in [0.4, 0.5) is 10.5 Å². The summed E-state index contributed by atoms with van der Waals surface area (Å²) in [6, 6.07) is 8.54. The smallest absolute Gasteiger partial charge is 0.382 e. The van der Waals surface area contributed by atoms with Crippen LogP contribution in [0.5, 0.6) is 0 Å². The molecule has 0 saturated heterocycles. The maximum atomic E-state index is 11.1. The predicted octanol–water partition coefficient (Wildman–Crippen LogP) is 1.14. The topological polar surface area (TPSA) is 75.6 Å². The highest BCUT2D eigenvalue weighted by molar-refractivity contribution is 5.94. The molecule has 1 amide bonds. The van der Waals surface area contributed by atoms with E-state index in [2.05, 4.69) is 10.1 Å². The number of aliphatic hydroxyl groups excluding tert-OH is 1. The lowest BCUT2D eigenvalue weighted by Crippen LogP contribution is -2.25. The number of hydrogen-bond acceptors (Lipinski definition) is 4. The Morgan fingerprint density at radius 3 is 2.47 bits per heavy atom. The standard InChI is InChI=1S/C10H11NO4/c1-7(12)9(13)15-10(14)11-8-5-3-2-4-6-8/h2-7,12H,1H3,(H,11,14). The van der Waals surface area contributed by atoms with Crippen molar-refractivity contribution in [2.75, 3.05) is 5.32 Å². The number of para-hydroxylation sites is 1. The van der Waals surface area contributed by atoms with Crippen LogP contribution in [0, 0.1) is 0 Å². The second kappa shape index (κ2) is 5.11. The quantitative estimate of drug-likeness (QED) is 0.565. The van der Waals surface area contributed by atoms with Gasteiger partial charge >= 0.3 is 12.1 Å². The summed E-state index contributed by atoms with van der Waals surface area (Å²) in [6.07, 6.45) is -2.22. The summed E-state index contributed by atoms with van der Waals surface area (Å²) >= 11 is 0. The fourth-order valence-corrected chi connectivity index (χ4v) is 0.841. The molecule has 1 unspecified atom stereocenters. The van der Waals surface area contributed by atoms with Crippen LogP contribution < -0.4 is 5.32 Å². The monoisotopic (exact) mass is 209 g/mol. The molecule has 0 aliphatic rings. The molecule has 1 rings (SSSR count). The molecule has 1 aromatic carbocycles. The average Bonchev–Trinajstić information content (AvgIpc) is 2.18. The fourth-order valence-electron chi connectivity index (χ4n) is 0.841. The van der Waals surface area contributed by atoms with E-state index in [4.69, 9.17) is 5.11 Å². The van der Waals surface area contributed by atoms with Crippen molar-refractivity contribution in [1.82, 2.24) is 0 Å². The van der Waals surface area contributed by atoms with Crippen molar-refractivity contribution in [2.45, 2.75) is 13.0 Å². The van der Waals surface area contributed by atoms with Gasteiger partial charge in [-0.25, -0.2) is 9.59 Å². The van der Waals surface area contributed by atoms with E-state index < -0.39 is 18.2 Å². The van der Waals surface area contributed by atoms with Gasteiger partial charge in [-0.1, -0.05) is 18.2 Å². The Balaban J connectivity index is 2.47. The van der Waals surface area contributed by atoms with E-state index in [1.807, 2.05) is 0 Å². The van der Waals surface area contributed by atoms with Gasteiger partial charge in [0.05, 0.1) is 0 Å². The molecule has 0 aliphatic carbocycles. The number of ether oxygens (including phenoxy) is 1. The highest BCUT2D eigenvalue weighted by Crippen LogP contribution is 2.05. The van der Waals surface area contributed by atoms with Crippen LogP contribution in [0.25, 0.3) is 0 Å². The molecule has 2 N–H and O–H groups in total. The van der Waals surface area contributed by atoms with Crippen molar-refractivity contribution in [3.8, 4) is 0 Å². The minimum atomic E-state index is -1.31. The largest absolute Gasteiger partial charge is 0.419 e. The van der Waals surface area contributed by atoms with Crippen molar-refractivity contribution in [3.63, 3.8) is 0 Å². The lowest BCUT2D eigenvalue weighted by Gasteiger charge is -2.06. The van der Waals surface area contributed by atoms with Gasteiger partial charge < -0.3 is 9.84 Å². The van der Waals surface area contributed by atoms with Gasteiger partial charge in [0.25, 0.3) is 0 Å². The number of amides is 1. The van der Waals surface area contributed by atoms with Crippen LogP contribution in [0.15, 0.2) is 30.3 Å². The zero-order valence-electron chi connectivity index (χ0n) is 8.14. The molecular formula is C10H11NO4. The van der Waals surface area contributed by atoms with Crippen molar-refractivity contribution in [1.29, 1.82) is 0 Å². The van der Waals surface area contributed by atoms with Crippen LogP contribution >= 0.6 is 0 Å². The van der Waals surface area contributed by atoms with Gasteiger partial charge in [0, 0.05) is 5.69 Å². The number of carbonyl (C=O) groups is 2. The molecule has 0 bridgehead atoms. The third-order valence-corrected chi connectivity index (χ3v) is 1.55. The minimum Gasteiger partial charge on any atom is -0.382 e. The molecule has 1 atom stereocenters. The Hall–Kier alpha value is -1.88. The first-order chi connectivity index (χ1) is 7.09. The molecule has 0 spiro atoms. The van der Waals surface area contributed by atoms with Gasteiger partial charge in [0.15, 0.2) is 0 Å². The van der Waals surface area contributed by atoms with Gasteiger partial charge in [0.1, 0.15) is 6.10 Å². The average molecular weight is 209 g/mol. The molecule has 0 radical (unpaired) electrons. The maximum Gasteiger partial charge on any atom is 0.419 e. The first-order valence-corrected chi connectivity index (χ1v) is 4.35. The van der Waals surface area contributed by atoms with Crippen LogP contribution in [0.1, 0.15) is 6.92 Å². The number of benzene rings is 1. The molecule has 5 nitrogen and oxygen atoms in total. The van der Waals surface area contributed by atoms with Crippen molar-refractivity contribution < 1.29 is 19.4 Å². The molecule has 15 heavy (non-hydrogen) atoms. The Bertz CT molecular complexity index is 348. The summed E-state index contributed by atoms with van der Waals surface area (Å²) in [6.45, 7) is 1.22. The maximum absolute atomic E-state index is 11.1. The first kappa shape index (κ1) is 11.2. The number of rotatable bonds is 2. The normalized spacial score (nSPS) is 11.6. The lowest BCUT2D eigenvalue weighted by molar-refractivity contribution is -0.145. The first-order valence-electron chi connectivity index (χ1n) is 4.35. The Labute approximate surface area is 86.7 Å². The number of nitrogens with one attached hydrogen (secondary N) is 1. The van der Waals surface area contributed by atoms with Crippen LogP contribution in [0.3, 0.4) is 0 Å². The molecule has 1 aromatic rings. The van der Waals surface area contributed by atoms with Gasteiger partial charge in [-0.2, -0.15) is 0 Å². The Morgan fingerprint density at radius 2 is 1.93 bits per heavy atom. The summed E-state index contributed by atoms with van der Waals surface area (Å²) < 4.78 is 4.28. The summed E-state index contributed by atoms with van der Waals surface area (Å²) in [5.41, 5.74) is 0.515. The third kappa shape index (κ3) is 3.78. The highest BCUT2D eigenvalue weighted by atomic mass is 16.6. The van der Waals surface area contributed by atoms with Gasteiger partial charge in [-0.05, 0) is 19.1 Å². The van der Waals surface area contributed by atoms with E-state index in [0.29, 0.717) is 5.69 Å². The van der Waals surface area contributed by atoms with Crippen molar-refractivity contribution >= 4 is 17.7 Å². The number of anilines is 1. The van der Waals surface area contributed by atoms with E-state index >= 15 is 0 Å². The van der Waals surface area contributed by atoms with Gasteiger partial charge in [0.2, 0.25) is 0 Å². The second-order valence-electron chi connectivity index (χ2n) is 2.88. The summed E-state index contributed by atoms with van der Waals surface area (Å²) in [5, 5.41) is 11.1. The Morgan fingerprint density at radius 1 is 1.33 bits per heavy atom.